The summed E-state index contributed by atoms with van der Waals surface area (Å²) in [7, 11) is 3.18. The Balaban J connectivity index is 2.51. The summed E-state index contributed by atoms with van der Waals surface area (Å²) in [5.74, 6) is 0. The van der Waals surface area contributed by atoms with Crippen molar-refractivity contribution in [1.29, 1.82) is 0 Å². The zero-order chi connectivity index (χ0) is 16.0. The first-order valence-electron chi connectivity index (χ1n) is 7.00. The van der Waals surface area contributed by atoms with Crippen LogP contribution in [0, 0.1) is 0 Å². The Morgan fingerprint density at radius 3 is 2.27 bits per heavy atom. The quantitative estimate of drug-likeness (QED) is 0.728. The molecule has 0 amide bonds. The first-order valence-corrected chi connectivity index (χ1v) is 7.38. The molecule has 0 saturated carbocycles. The van der Waals surface area contributed by atoms with Crippen LogP contribution in [-0.2, 0) is 20.6 Å². The van der Waals surface area contributed by atoms with Crippen molar-refractivity contribution in [3.8, 4) is 11.3 Å². The van der Waals surface area contributed by atoms with E-state index < -0.39 is 0 Å². The summed E-state index contributed by atoms with van der Waals surface area (Å²) in [4.78, 5) is 24.7. The summed E-state index contributed by atoms with van der Waals surface area (Å²) in [5, 5.41) is 1.19. The Labute approximate surface area is 132 Å². The lowest BCUT2D eigenvalue weighted by atomic mass is 10.1. The van der Waals surface area contributed by atoms with Crippen molar-refractivity contribution >= 4 is 22.5 Å². The van der Waals surface area contributed by atoms with Gasteiger partial charge in [0.2, 0.25) is 0 Å². The van der Waals surface area contributed by atoms with Crippen LogP contribution in [0.25, 0.3) is 22.2 Å². The van der Waals surface area contributed by atoms with Gasteiger partial charge >= 0.3 is 5.69 Å². The Morgan fingerprint density at radius 1 is 1.05 bits per heavy atom. The Kier molecular flexibility index (Phi) is 3.45. The second-order valence-electron chi connectivity index (χ2n) is 5.24. The van der Waals surface area contributed by atoms with Crippen molar-refractivity contribution < 1.29 is 0 Å². The predicted molar refractivity (Wildman–Crippen MR) is 88.5 cm³/mol. The van der Waals surface area contributed by atoms with E-state index in [0.29, 0.717) is 22.5 Å². The van der Waals surface area contributed by atoms with Gasteiger partial charge in [-0.2, -0.15) is 0 Å². The standard InChI is InChI=1S/C16H16ClN3O2/c1-4-20-9-12-13(15(21)19(3)16(22)18(12)2)14(20)10-5-7-11(17)8-6-10/h5-9H,4H2,1-3H3. The van der Waals surface area contributed by atoms with Gasteiger partial charge in [0.15, 0.2) is 0 Å². The molecule has 0 aliphatic rings. The van der Waals surface area contributed by atoms with Gasteiger partial charge in [-0.1, -0.05) is 23.7 Å². The maximum Gasteiger partial charge on any atom is 0.330 e. The number of halogens is 1. The van der Waals surface area contributed by atoms with Crippen molar-refractivity contribution in [1.82, 2.24) is 13.7 Å². The minimum atomic E-state index is -0.326. The Bertz CT molecular complexity index is 978. The number of rotatable bonds is 2. The first kappa shape index (κ1) is 14.7. The monoisotopic (exact) mass is 317 g/mol. The smallest absolute Gasteiger partial charge is 0.330 e. The number of fused-ring (bicyclic) bond motifs is 1. The molecular formula is C16H16ClN3O2. The molecule has 3 aromatic rings. The molecule has 6 heteroatoms. The molecule has 0 N–H and O–H groups in total. The highest BCUT2D eigenvalue weighted by molar-refractivity contribution is 6.30. The summed E-state index contributed by atoms with van der Waals surface area (Å²) < 4.78 is 4.62. The van der Waals surface area contributed by atoms with E-state index >= 15 is 0 Å². The largest absolute Gasteiger partial charge is 0.345 e. The van der Waals surface area contributed by atoms with E-state index in [1.54, 1.807) is 19.2 Å². The number of aromatic nitrogens is 3. The van der Waals surface area contributed by atoms with Crippen LogP contribution in [0.1, 0.15) is 6.92 Å². The highest BCUT2D eigenvalue weighted by Gasteiger charge is 2.18. The van der Waals surface area contributed by atoms with Crippen LogP contribution in [0.3, 0.4) is 0 Å². The molecule has 3 rings (SSSR count). The molecule has 114 valence electrons. The summed E-state index contributed by atoms with van der Waals surface area (Å²) in [6, 6.07) is 7.35. The lowest BCUT2D eigenvalue weighted by Crippen LogP contribution is -2.36. The summed E-state index contributed by atoms with van der Waals surface area (Å²) in [6.45, 7) is 2.70. The molecule has 0 aliphatic carbocycles. The fourth-order valence-corrected chi connectivity index (χ4v) is 2.88. The van der Waals surface area contributed by atoms with Crippen molar-refractivity contribution in [3.05, 3.63) is 56.3 Å². The van der Waals surface area contributed by atoms with E-state index in [4.69, 9.17) is 11.6 Å². The Morgan fingerprint density at radius 2 is 1.68 bits per heavy atom. The minimum Gasteiger partial charge on any atom is -0.345 e. The summed E-state index contributed by atoms with van der Waals surface area (Å²) >= 11 is 5.95. The number of hydrogen-bond acceptors (Lipinski definition) is 2. The van der Waals surface area contributed by atoms with Crippen LogP contribution in [-0.4, -0.2) is 13.7 Å². The summed E-state index contributed by atoms with van der Waals surface area (Å²) in [5.41, 5.74) is 1.74. The van der Waals surface area contributed by atoms with Crippen molar-refractivity contribution in [2.75, 3.05) is 0 Å². The molecule has 2 heterocycles. The van der Waals surface area contributed by atoms with Gasteiger partial charge < -0.3 is 4.57 Å². The van der Waals surface area contributed by atoms with E-state index in [1.165, 1.54) is 11.6 Å². The van der Waals surface area contributed by atoms with Crippen LogP contribution in [0.15, 0.2) is 40.1 Å². The van der Waals surface area contributed by atoms with Crippen LogP contribution >= 0.6 is 11.6 Å². The third-order valence-electron chi connectivity index (χ3n) is 3.97. The van der Waals surface area contributed by atoms with Gasteiger partial charge in [0.05, 0.1) is 16.6 Å². The van der Waals surface area contributed by atoms with Gasteiger partial charge in [0.25, 0.3) is 5.56 Å². The number of nitrogens with zero attached hydrogens (tertiary/aromatic N) is 3. The van der Waals surface area contributed by atoms with Crippen LogP contribution in [0.2, 0.25) is 5.02 Å². The SMILES string of the molecule is CCn1cc2c(c1-c1ccc(Cl)cc1)c(=O)n(C)c(=O)n2C. The third kappa shape index (κ3) is 2.01. The third-order valence-corrected chi connectivity index (χ3v) is 4.22. The molecule has 22 heavy (non-hydrogen) atoms. The number of aryl methyl sites for hydroxylation is 2. The molecule has 0 aliphatic heterocycles. The lowest BCUT2D eigenvalue weighted by molar-refractivity contribution is 0.714. The molecule has 2 aromatic heterocycles. The molecule has 1 aromatic carbocycles. The minimum absolute atomic E-state index is 0.282. The van der Waals surface area contributed by atoms with Gasteiger partial charge in [-0.3, -0.25) is 13.9 Å². The number of hydrogen-bond donors (Lipinski definition) is 0. The Hall–Kier alpha value is -2.27. The molecule has 0 spiro atoms. The van der Waals surface area contributed by atoms with E-state index in [9.17, 15) is 9.59 Å². The molecule has 0 radical (unpaired) electrons. The average molecular weight is 318 g/mol. The predicted octanol–water partition coefficient (Wildman–Crippen LogP) is 2.38. The zero-order valence-electron chi connectivity index (χ0n) is 12.6. The molecule has 5 nitrogen and oxygen atoms in total. The van der Waals surface area contributed by atoms with Gasteiger partial charge in [-0.05, 0) is 24.6 Å². The fourth-order valence-electron chi connectivity index (χ4n) is 2.76. The van der Waals surface area contributed by atoms with Gasteiger partial charge in [0.1, 0.15) is 0 Å². The van der Waals surface area contributed by atoms with Crippen molar-refractivity contribution in [2.45, 2.75) is 13.5 Å². The second kappa shape index (κ2) is 5.18. The molecular weight excluding hydrogens is 302 g/mol. The molecule has 0 atom stereocenters. The number of benzene rings is 1. The van der Waals surface area contributed by atoms with Crippen molar-refractivity contribution in [2.24, 2.45) is 14.1 Å². The lowest BCUT2D eigenvalue weighted by Gasteiger charge is -2.08. The van der Waals surface area contributed by atoms with Gasteiger partial charge in [-0.25, -0.2) is 4.79 Å². The van der Waals surface area contributed by atoms with E-state index in [2.05, 4.69) is 0 Å². The average Bonchev–Trinajstić information content (AvgIpc) is 2.91. The molecule has 0 bridgehead atoms. The first-order chi connectivity index (χ1) is 10.5. The maximum absolute atomic E-state index is 12.6. The highest BCUT2D eigenvalue weighted by atomic mass is 35.5. The van der Waals surface area contributed by atoms with E-state index in [1.807, 2.05) is 29.8 Å². The molecule has 0 fully saturated rings. The molecule has 0 unspecified atom stereocenters. The van der Waals surface area contributed by atoms with Crippen LogP contribution in [0.4, 0.5) is 0 Å². The highest BCUT2D eigenvalue weighted by Crippen LogP contribution is 2.28. The van der Waals surface area contributed by atoms with E-state index in [0.717, 1.165) is 15.8 Å². The fraction of sp³-hybridized carbons (Fsp3) is 0.250. The second-order valence-corrected chi connectivity index (χ2v) is 5.67. The topological polar surface area (TPSA) is 48.9 Å². The van der Waals surface area contributed by atoms with Crippen molar-refractivity contribution in [3.63, 3.8) is 0 Å². The summed E-state index contributed by atoms with van der Waals surface area (Å²) in [6.07, 6.45) is 1.85. The maximum atomic E-state index is 12.6. The van der Waals surface area contributed by atoms with Crippen LogP contribution in [0.5, 0.6) is 0 Å². The van der Waals surface area contributed by atoms with Gasteiger partial charge in [0, 0.05) is 31.9 Å². The van der Waals surface area contributed by atoms with E-state index in [-0.39, 0.29) is 11.2 Å². The zero-order valence-corrected chi connectivity index (χ0v) is 13.4. The van der Waals surface area contributed by atoms with Gasteiger partial charge in [-0.15, -0.1) is 0 Å². The molecule has 0 saturated heterocycles. The van der Waals surface area contributed by atoms with Crippen LogP contribution < -0.4 is 11.2 Å². The normalized spacial score (nSPS) is 11.3.